The maximum atomic E-state index is 4.39. The molecule has 0 amide bonds. The van der Waals surface area contributed by atoms with Gasteiger partial charge in [0.05, 0.1) is 0 Å². The van der Waals surface area contributed by atoms with Crippen LogP contribution in [0.4, 0.5) is 5.82 Å². The molecule has 2 N–H and O–H groups in total. The zero-order valence-electron chi connectivity index (χ0n) is 10.8. The number of rotatable bonds is 5. The van der Waals surface area contributed by atoms with E-state index >= 15 is 0 Å². The smallest absolute Gasteiger partial charge is 0.126 e. The predicted molar refractivity (Wildman–Crippen MR) is 69.6 cm³/mol. The summed E-state index contributed by atoms with van der Waals surface area (Å²) in [6, 6.07) is 4.15. The van der Waals surface area contributed by atoms with Crippen LogP contribution in [0, 0.1) is 0 Å². The van der Waals surface area contributed by atoms with Crippen LogP contribution in [0.5, 0.6) is 0 Å². The van der Waals surface area contributed by atoms with E-state index in [1.807, 2.05) is 12.3 Å². The standard InChI is InChI=1S/C13H23N3/c1-5-8-14-9-11-6-7-12(15-10-11)16-13(2,3)4/h6-7,10,14H,5,8-9H2,1-4H3,(H,15,16). The molecule has 1 rings (SSSR count). The van der Waals surface area contributed by atoms with E-state index in [1.165, 1.54) is 5.56 Å². The van der Waals surface area contributed by atoms with Crippen LogP contribution in [0.2, 0.25) is 0 Å². The molecule has 0 aromatic carbocycles. The Labute approximate surface area is 98.7 Å². The topological polar surface area (TPSA) is 37.0 Å². The zero-order valence-corrected chi connectivity index (χ0v) is 10.8. The highest BCUT2D eigenvalue weighted by Crippen LogP contribution is 2.11. The summed E-state index contributed by atoms with van der Waals surface area (Å²) >= 11 is 0. The molecule has 1 aromatic heterocycles. The molecule has 3 nitrogen and oxygen atoms in total. The van der Waals surface area contributed by atoms with Crippen molar-refractivity contribution >= 4 is 5.82 Å². The van der Waals surface area contributed by atoms with Crippen molar-refractivity contribution in [3.05, 3.63) is 23.9 Å². The molecule has 16 heavy (non-hydrogen) atoms. The van der Waals surface area contributed by atoms with Crippen molar-refractivity contribution in [1.29, 1.82) is 0 Å². The molecule has 0 aliphatic carbocycles. The van der Waals surface area contributed by atoms with E-state index in [-0.39, 0.29) is 5.54 Å². The van der Waals surface area contributed by atoms with Crippen LogP contribution in [-0.2, 0) is 6.54 Å². The molecular weight excluding hydrogens is 198 g/mol. The fourth-order valence-electron chi connectivity index (χ4n) is 1.40. The van der Waals surface area contributed by atoms with Crippen molar-refractivity contribution < 1.29 is 0 Å². The molecule has 0 bridgehead atoms. The highest BCUT2D eigenvalue weighted by atomic mass is 15.0. The molecule has 0 fully saturated rings. The molecule has 90 valence electrons. The number of hydrogen-bond acceptors (Lipinski definition) is 3. The normalized spacial score (nSPS) is 11.5. The molecule has 0 spiro atoms. The number of nitrogens with zero attached hydrogens (tertiary/aromatic N) is 1. The molecule has 0 unspecified atom stereocenters. The van der Waals surface area contributed by atoms with Crippen molar-refractivity contribution in [3.8, 4) is 0 Å². The van der Waals surface area contributed by atoms with Gasteiger partial charge in [-0.3, -0.25) is 0 Å². The molecule has 0 saturated heterocycles. The first-order valence-corrected chi connectivity index (χ1v) is 5.95. The van der Waals surface area contributed by atoms with E-state index in [4.69, 9.17) is 0 Å². The molecular formula is C13H23N3. The van der Waals surface area contributed by atoms with Crippen LogP contribution in [0.1, 0.15) is 39.7 Å². The number of aromatic nitrogens is 1. The minimum Gasteiger partial charge on any atom is -0.365 e. The van der Waals surface area contributed by atoms with Crippen molar-refractivity contribution in [2.24, 2.45) is 0 Å². The van der Waals surface area contributed by atoms with Gasteiger partial charge < -0.3 is 10.6 Å². The fourth-order valence-corrected chi connectivity index (χ4v) is 1.40. The summed E-state index contributed by atoms with van der Waals surface area (Å²) in [7, 11) is 0. The van der Waals surface area contributed by atoms with Gasteiger partial charge in [0.25, 0.3) is 0 Å². The molecule has 0 saturated carbocycles. The molecule has 0 aliphatic rings. The van der Waals surface area contributed by atoms with E-state index in [9.17, 15) is 0 Å². The van der Waals surface area contributed by atoms with Crippen LogP contribution in [0.15, 0.2) is 18.3 Å². The third kappa shape index (κ3) is 5.12. The Bertz CT molecular complexity index is 298. The van der Waals surface area contributed by atoms with Crippen LogP contribution in [0.3, 0.4) is 0 Å². The van der Waals surface area contributed by atoms with E-state index in [0.717, 1.165) is 25.3 Å². The Hall–Kier alpha value is -1.09. The monoisotopic (exact) mass is 221 g/mol. The average Bonchev–Trinajstić information content (AvgIpc) is 2.19. The highest BCUT2D eigenvalue weighted by molar-refractivity contribution is 5.37. The Morgan fingerprint density at radius 3 is 2.50 bits per heavy atom. The maximum absolute atomic E-state index is 4.39. The lowest BCUT2D eigenvalue weighted by Gasteiger charge is -2.21. The maximum Gasteiger partial charge on any atom is 0.126 e. The summed E-state index contributed by atoms with van der Waals surface area (Å²) in [6.07, 6.45) is 3.09. The zero-order chi connectivity index (χ0) is 12.0. The van der Waals surface area contributed by atoms with Crippen LogP contribution >= 0.6 is 0 Å². The first-order valence-electron chi connectivity index (χ1n) is 5.95. The largest absolute Gasteiger partial charge is 0.365 e. The Morgan fingerprint density at radius 2 is 2.00 bits per heavy atom. The Kier molecular flexibility index (Phi) is 4.74. The van der Waals surface area contributed by atoms with Crippen molar-refractivity contribution in [2.45, 2.75) is 46.2 Å². The second kappa shape index (κ2) is 5.85. The third-order valence-electron chi connectivity index (χ3n) is 2.08. The van der Waals surface area contributed by atoms with Gasteiger partial charge in [-0.05, 0) is 45.4 Å². The fraction of sp³-hybridized carbons (Fsp3) is 0.615. The lowest BCUT2D eigenvalue weighted by atomic mass is 10.1. The van der Waals surface area contributed by atoms with Gasteiger partial charge in [0.1, 0.15) is 5.82 Å². The lowest BCUT2D eigenvalue weighted by Crippen LogP contribution is -2.26. The first kappa shape index (κ1) is 13.0. The highest BCUT2D eigenvalue weighted by Gasteiger charge is 2.09. The molecule has 0 radical (unpaired) electrons. The van der Waals surface area contributed by atoms with Gasteiger partial charge in [-0.15, -0.1) is 0 Å². The molecule has 3 heteroatoms. The quantitative estimate of drug-likeness (QED) is 0.751. The minimum atomic E-state index is 0.0645. The first-order chi connectivity index (χ1) is 7.51. The average molecular weight is 221 g/mol. The van der Waals surface area contributed by atoms with E-state index in [0.29, 0.717) is 0 Å². The van der Waals surface area contributed by atoms with Crippen molar-refractivity contribution in [1.82, 2.24) is 10.3 Å². The summed E-state index contributed by atoms with van der Waals surface area (Å²) in [6.45, 7) is 10.5. The van der Waals surface area contributed by atoms with Gasteiger partial charge in [-0.1, -0.05) is 13.0 Å². The van der Waals surface area contributed by atoms with E-state index < -0.39 is 0 Å². The van der Waals surface area contributed by atoms with Gasteiger partial charge >= 0.3 is 0 Å². The summed E-state index contributed by atoms with van der Waals surface area (Å²) in [4.78, 5) is 4.39. The summed E-state index contributed by atoms with van der Waals surface area (Å²) < 4.78 is 0. The third-order valence-corrected chi connectivity index (χ3v) is 2.08. The lowest BCUT2D eigenvalue weighted by molar-refractivity contribution is 0.629. The SMILES string of the molecule is CCCNCc1ccc(NC(C)(C)C)nc1. The van der Waals surface area contributed by atoms with Crippen molar-refractivity contribution in [3.63, 3.8) is 0 Å². The van der Waals surface area contributed by atoms with Gasteiger partial charge in [-0.25, -0.2) is 4.98 Å². The number of hydrogen-bond donors (Lipinski definition) is 2. The van der Waals surface area contributed by atoms with Crippen LogP contribution in [-0.4, -0.2) is 17.1 Å². The van der Waals surface area contributed by atoms with Crippen molar-refractivity contribution in [2.75, 3.05) is 11.9 Å². The minimum absolute atomic E-state index is 0.0645. The van der Waals surface area contributed by atoms with Crippen LogP contribution < -0.4 is 10.6 Å². The van der Waals surface area contributed by atoms with Gasteiger partial charge in [0.2, 0.25) is 0 Å². The number of anilines is 1. The molecule has 0 atom stereocenters. The molecule has 0 aliphatic heterocycles. The summed E-state index contributed by atoms with van der Waals surface area (Å²) in [5, 5.41) is 6.70. The van der Waals surface area contributed by atoms with E-state index in [2.05, 4.69) is 49.4 Å². The van der Waals surface area contributed by atoms with Gasteiger partial charge in [-0.2, -0.15) is 0 Å². The van der Waals surface area contributed by atoms with Crippen LogP contribution in [0.25, 0.3) is 0 Å². The second-order valence-corrected chi connectivity index (χ2v) is 5.10. The van der Waals surface area contributed by atoms with Gasteiger partial charge in [0.15, 0.2) is 0 Å². The molecule has 1 heterocycles. The predicted octanol–water partition coefficient (Wildman–Crippen LogP) is 2.79. The Morgan fingerprint density at radius 1 is 1.25 bits per heavy atom. The summed E-state index contributed by atoms with van der Waals surface area (Å²) in [5.41, 5.74) is 1.29. The van der Waals surface area contributed by atoms with E-state index in [1.54, 1.807) is 0 Å². The van der Waals surface area contributed by atoms with Gasteiger partial charge in [0, 0.05) is 18.3 Å². The molecule has 1 aromatic rings. The summed E-state index contributed by atoms with van der Waals surface area (Å²) in [5.74, 6) is 0.937. The number of nitrogens with one attached hydrogen (secondary N) is 2. The number of pyridine rings is 1. The second-order valence-electron chi connectivity index (χ2n) is 5.10. The Balaban J connectivity index is 2.48.